The lowest BCUT2D eigenvalue weighted by molar-refractivity contribution is -0.312. The molecule has 1 heterocycles. The highest BCUT2D eigenvalue weighted by molar-refractivity contribution is 5.71. The lowest BCUT2D eigenvalue weighted by atomic mass is 9.97. The summed E-state index contributed by atoms with van der Waals surface area (Å²) in [5, 5.41) is 29.2. The third kappa shape index (κ3) is 18.7. The summed E-state index contributed by atoms with van der Waals surface area (Å²) < 4.78 is 33.8. The molecule has 0 unspecified atom stereocenters. The molecular formula is C34H60O13. The number of ether oxygens (including phenoxy) is 6. The molecule has 7 atom stereocenters. The number of esters is 4. The van der Waals surface area contributed by atoms with Gasteiger partial charge in [-0.15, -0.1) is 0 Å². The number of hydrogen-bond acceptors (Lipinski definition) is 13. The van der Waals surface area contributed by atoms with Crippen LogP contribution in [0.4, 0.5) is 0 Å². The highest BCUT2D eigenvalue weighted by Crippen LogP contribution is 2.31. The molecular weight excluding hydrogens is 616 g/mol. The molecule has 1 aliphatic rings. The fourth-order valence-corrected chi connectivity index (χ4v) is 5.24. The van der Waals surface area contributed by atoms with Crippen molar-refractivity contribution in [2.24, 2.45) is 0 Å². The Hall–Kier alpha value is -2.32. The quantitative estimate of drug-likeness (QED) is 0.0678. The predicted octanol–water partition coefficient (Wildman–Crippen LogP) is 4.04. The lowest BCUT2D eigenvalue weighted by Gasteiger charge is -2.44. The Morgan fingerprint density at radius 3 is 1.64 bits per heavy atom. The second kappa shape index (κ2) is 25.7. The first-order chi connectivity index (χ1) is 22.5. The molecule has 3 N–H and O–H groups in total. The van der Waals surface area contributed by atoms with E-state index in [1.54, 1.807) is 0 Å². The monoisotopic (exact) mass is 676 g/mol. The number of unbranched alkanes of at least 4 members (excludes halogenated alkanes) is 12. The van der Waals surface area contributed by atoms with Gasteiger partial charge in [-0.2, -0.15) is 0 Å². The first-order valence-corrected chi connectivity index (χ1v) is 17.5. The van der Waals surface area contributed by atoms with Crippen molar-refractivity contribution in [3.8, 4) is 0 Å². The van der Waals surface area contributed by atoms with E-state index in [2.05, 4.69) is 6.92 Å². The maximum Gasteiger partial charge on any atom is 0.306 e. The largest absolute Gasteiger partial charge is 0.463 e. The molecule has 1 saturated heterocycles. The summed E-state index contributed by atoms with van der Waals surface area (Å²) >= 11 is 0. The Morgan fingerprint density at radius 2 is 1.13 bits per heavy atom. The molecule has 0 aliphatic carbocycles. The van der Waals surface area contributed by atoms with Crippen molar-refractivity contribution in [3.05, 3.63) is 0 Å². The highest BCUT2D eigenvalue weighted by atomic mass is 16.7. The van der Waals surface area contributed by atoms with Crippen LogP contribution in [-0.2, 0) is 47.6 Å². The van der Waals surface area contributed by atoms with E-state index < -0.39 is 86.6 Å². The van der Waals surface area contributed by atoms with Crippen LogP contribution in [-0.4, -0.2) is 102 Å². The van der Waals surface area contributed by atoms with E-state index in [-0.39, 0.29) is 12.8 Å². The summed E-state index contributed by atoms with van der Waals surface area (Å²) in [5.74, 6) is -2.64. The van der Waals surface area contributed by atoms with Crippen LogP contribution >= 0.6 is 0 Å². The average Bonchev–Trinajstić information content (AvgIpc) is 3.03. The molecule has 0 bridgehead atoms. The molecule has 0 saturated carbocycles. The van der Waals surface area contributed by atoms with Crippen molar-refractivity contribution < 1.29 is 62.9 Å². The van der Waals surface area contributed by atoms with Gasteiger partial charge < -0.3 is 43.7 Å². The van der Waals surface area contributed by atoms with Gasteiger partial charge in [0.1, 0.15) is 24.9 Å². The van der Waals surface area contributed by atoms with E-state index in [0.29, 0.717) is 12.8 Å². The molecule has 0 amide bonds. The second-order valence-electron chi connectivity index (χ2n) is 12.2. The van der Waals surface area contributed by atoms with Gasteiger partial charge in [0.25, 0.3) is 0 Å². The fraction of sp³-hybridized carbons (Fsp3) is 0.882. The van der Waals surface area contributed by atoms with Crippen LogP contribution in [0.1, 0.15) is 130 Å². The Balaban J connectivity index is 3.07. The van der Waals surface area contributed by atoms with E-state index in [9.17, 15) is 34.5 Å². The molecule has 0 aromatic rings. The minimum atomic E-state index is -1.54. The Labute approximate surface area is 279 Å². The fourth-order valence-electron chi connectivity index (χ4n) is 5.24. The van der Waals surface area contributed by atoms with Gasteiger partial charge in [-0.1, -0.05) is 90.9 Å². The van der Waals surface area contributed by atoms with Crippen molar-refractivity contribution in [1.82, 2.24) is 0 Å². The molecule has 13 nitrogen and oxygen atoms in total. The summed E-state index contributed by atoms with van der Waals surface area (Å²) in [6.07, 6.45) is 4.50. The van der Waals surface area contributed by atoms with E-state index in [0.717, 1.165) is 45.4 Å². The van der Waals surface area contributed by atoms with Crippen LogP contribution < -0.4 is 0 Å². The molecule has 47 heavy (non-hydrogen) atoms. The number of aliphatic hydroxyl groups is 3. The summed E-state index contributed by atoms with van der Waals surface area (Å²) in [5.41, 5.74) is 0. The number of rotatable bonds is 26. The normalized spacial score (nSPS) is 22.2. The van der Waals surface area contributed by atoms with E-state index in [1.165, 1.54) is 45.4 Å². The number of carbonyl (C=O) groups is 4. The zero-order chi connectivity index (χ0) is 35.0. The third-order valence-corrected chi connectivity index (χ3v) is 7.91. The standard InChI is InChI=1S/C34H60O13/c1-5-7-9-10-11-12-13-14-15-16-18-20-29(40)46-32-31(44-25(4)37)28(23-42-24(3)36)45-34(43-22-27(39)26(38)21-35)33(32)47-30(41)19-17-8-6-2/h26-28,31-35,38-39H,5-23H2,1-4H3/t26-,27+,28-,31-,32+,33+,34-/m0/s1. The van der Waals surface area contributed by atoms with Gasteiger partial charge in [0.15, 0.2) is 24.6 Å². The number of carbonyl (C=O) groups excluding carboxylic acids is 4. The predicted molar refractivity (Wildman–Crippen MR) is 171 cm³/mol. The Morgan fingerprint density at radius 1 is 0.638 bits per heavy atom. The van der Waals surface area contributed by atoms with Crippen LogP contribution in [0.5, 0.6) is 0 Å². The summed E-state index contributed by atoms with van der Waals surface area (Å²) in [7, 11) is 0. The second-order valence-corrected chi connectivity index (χ2v) is 12.2. The highest BCUT2D eigenvalue weighted by Gasteiger charge is 2.53. The Bertz CT molecular complexity index is 882. The molecule has 0 radical (unpaired) electrons. The molecule has 274 valence electrons. The molecule has 1 fully saturated rings. The molecule has 13 heteroatoms. The summed E-state index contributed by atoms with van der Waals surface area (Å²) in [6.45, 7) is 4.79. The van der Waals surface area contributed by atoms with Gasteiger partial charge in [-0.25, -0.2) is 0 Å². The van der Waals surface area contributed by atoms with Crippen LogP contribution in [0.2, 0.25) is 0 Å². The van der Waals surface area contributed by atoms with E-state index in [1.807, 2.05) is 6.92 Å². The maximum absolute atomic E-state index is 13.1. The lowest BCUT2D eigenvalue weighted by Crippen LogP contribution is -2.63. The van der Waals surface area contributed by atoms with Crippen LogP contribution in [0.15, 0.2) is 0 Å². The number of hydrogen-bond donors (Lipinski definition) is 3. The van der Waals surface area contributed by atoms with Gasteiger partial charge in [0.2, 0.25) is 0 Å². The first kappa shape index (κ1) is 42.7. The third-order valence-electron chi connectivity index (χ3n) is 7.91. The Kier molecular flexibility index (Phi) is 23.3. The zero-order valence-electron chi connectivity index (χ0n) is 28.9. The molecule has 0 aromatic carbocycles. The maximum atomic E-state index is 13.1. The van der Waals surface area contributed by atoms with Crippen LogP contribution in [0, 0.1) is 0 Å². The van der Waals surface area contributed by atoms with Crippen molar-refractivity contribution in [3.63, 3.8) is 0 Å². The van der Waals surface area contributed by atoms with Gasteiger partial charge in [0, 0.05) is 26.7 Å². The van der Waals surface area contributed by atoms with Gasteiger partial charge in [0.05, 0.1) is 13.2 Å². The van der Waals surface area contributed by atoms with Crippen molar-refractivity contribution in [2.45, 2.75) is 173 Å². The molecule has 0 aromatic heterocycles. The SMILES string of the molecule is CCCCCCCCCCCCCC(=O)O[C@@H]1[C@@H](OC(C)=O)[C@H](COC(C)=O)O[C@H](OC[C@@H](O)[C@@H](O)CO)[C@@H]1OC(=O)CCCCC. The topological polar surface area (TPSA) is 184 Å². The van der Waals surface area contributed by atoms with Gasteiger partial charge in [-0.05, 0) is 12.8 Å². The average molecular weight is 677 g/mol. The van der Waals surface area contributed by atoms with Crippen molar-refractivity contribution >= 4 is 23.9 Å². The molecule has 1 aliphatic heterocycles. The minimum Gasteiger partial charge on any atom is -0.463 e. The van der Waals surface area contributed by atoms with E-state index in [4.69, 9.17) is 28.4 Å². The van der Waals surface area contributed by atoms with Crippen molar-refractivity contribution in [2.75, 3.05) is 19.8 Å². The van der Waals surface area contributed by atoms with E-state index >= 15 is 0 Å². The number of aliphatic hydroxyl groups excluding tert-OH is 3. The molecule has 0 spiro atoms. The first-order valence-electron chi connectivity index (χ1n) is 17.5. The van der Waals surface area contributed by atoms with Gasteiger partial charge >= 0.3 is 23.9 Å². The zero-order valence-corrected chi connectivity index (χ0v) is 28.9. The summed E-state index contributed by atoms with van der Waals surface area (Å²) in [6, 6.07) is 0. The van der Waals surface area contributed by atoms with Gasteiger partial charge in [-0.3, -0.25) is 19.2 Å². The van der Waals surface area contributed by atoms with Crippen LogP contribution in [0.25, 0.3) is 0 Å². The summed E-state index contributed by atoms with van der Waals surface area (Å²) in [4.78, 5) is 49.9. The minimum absolute atomic E-state index is 0.0530. The van der Waals surface area contributed by atoms with Crippen molar-refractivity contribution in [1.29, 1.82) is 0 Å². The van der Waals surface area contributed by atoms with Crippen LogP contribution in [0.3, 0.4) is 0 Å². The smallest absolute Gasteiger partial charge is 0.306 e. The molecule has 1 rings (SSSR count).